The number of nitrogens with zero attached hydrogens (tertiary/aromatic N) is 3. The standard InChI is InChI=1S/C12H16N6O/c13-12-17-10(15-4-5-19)6-11(18-12)16-8-9-2-1-3-14-7-9/h1-3,6-7,19H,4-5,8H2,(H4,13,15,16,17,18). The van der Waals surface area contributed by atoms with Gasteiger partial charge in [0.05, 0.1) is 6.61 Å². The summed E-state index contributed by atoms with van der Waals surface area (Å²) in [5.41, 5.74) is 6.67. The zero-order valence-corrected chi connectivity index (χ0v) is 10.4. The molecule has 0 bridgehead atoms. The van der Waals surface area contributed by atoms with E-state index in [1.54, 1.807) is 18.5 Å². The molecule has 0 saturated carbocycles. The van der Waals surface area contributed by atoms with Crippen molar-refractivity contribution in [1.29, 1.82) is 0 Å². The Balaban J connectivity index is 2.01. The van der Waals surface area contributed by atoms with E-state index in [0.717, 1.165) is 5.56 Å². The van der Waals surface area contributed by atoms with Crippen molar-refractivity contribution in [2.24, 2.45) is 0 Å². The molecule has 0 aliphatic rings. The molecule has 7 nitrogen and oxygen atoms in total. The molecule has 0 aliphatic heterocycles. The largest absolute Gasteiger partial charge is 0.395 e. The fraction of sp³-hybridized carbons (Fsp3) is 0.250. The Kier molecular flexibility index (Phi) is 4.46. The number of nitrogens with two attached hydrogens (primary N) is 1. The number of aromatic nitrogens is 3. The van der Waals surface area contributed by atoms with Crippen LogP contribution >= 0.6 is 0 Å². The fourth-order valence-corrected chi connectivity index (χ4v) is 1.53. The van der Waals surface area contributed by atoms with Crippen molar-refractivity contribution >= 4 is 17.6 Å². The zero-order chi connectivity index (χ0) is 13.5. The van der Waals surface area contributed by atoms with E-state index in [9.17, 15) is 0 Å². The van der Waals surface area contributed by atoms with E-state index >= 15 is 0 Å². The van der Waals surface area contributed by atoms with E-state index in [0.29, 0.717) is 24.7 Å². The topological polar surface area (TPSA) is 109 Å². The van der Waals surface area contributed by atoms with Crippen LogP contribution in [0.5, 0.6) is 0 Å². The second-order valence-corrected chi connectivity index (χ2v) is 3.86. The smallest absolute Gasteiger partial charge is 0.223 e. The Morgan fingerprint density at radius 1 is 1.21 bits per heavy atom. The van der Waals surface area contributed by atoms with Gasteiger partial charge in [0.15, 0.2) is 0 Å². The van der Waals surface area contributed by atoms with Crippen molar-refractivity contribution in [1.82, 2.24) is 15.0 Å². The lowest BCUT2D eigenvalue weighted by molar-refractivity contribution is 0.311. The van der Waals surface area contributed by atoms with Crippen LogP contribution in [-0.4, -0.2) is 33.2 Å². The highest BCUT2D eigenvalue weighted by atomic mass is 16.3. The van der Waals surface area contributed by atoms with Crippen LogP contribution in [0.15, 0.2) is 30.6 Å². The predicted molar refractivity (Wildman–Crippen MR) is 73.6 cm³/mol. The number of aliphatic hydroxyl groups is 1. The monoisotopic (exact) mass is 260 g/mol. The van der Waals surface area contributed by atoms with Gasteiger partial charge in [-0.1, -0.05) is 6.07 Å². The van der Waals surface area contributed by atoms with Crippen LogP contribution in [0.3, 0.4) is 0 Å². The summed E-state index contributed by atoms with van der Waals surface area (Å²) in [6.07, 6.45) is 3.51. The molecule has 0 amide bonds. The predicted octanol–water partition coefficient (Wildman–Crippen LogP) is 0.470. The van der Waals surface area contributed by atoms with Gasteiger partial charge in [0.1, 0.15) is 11.6 Å². The molecule has 0 radical (unpaired) electrons. The number of nitrogen functional groups attached to an aromatic ring is 1. The summed E-state index contributed by atoms with van der Waals surface area (Å²) >= 11 is 0. The Morgan fingerprint density at radius 3 is 2.68 bits per heavy atom. The Labute approximate surface area is 110 Å². The fourth-order valence-electron chi connectivity index (χ4n) is 1.53. The summed E-state index contributed by atoms with van der Waals surface area (Å²) in [7, 11) is 0. The average Bonchev–Trinajstić information content (AvgIpc) is 2.43. The molecule has 2 aromatic heterocycles. The Hall–Kier alpha value is -2.41. The molecule has 100 valence electrons. The van der Waals surface area contributed by atoms with Crippen molar-refractivity contribution in [3.8, 4) is 0 Å². The molecule has 2 aromatic rings. The number of rotatable bonds is 6. The van der Waals surface area contributed by atoms with Gasteiger partial charge in [-0.3, -0.25) is 4.98 Å². The second-order valence-electron chi connectivity index (χ2n) is 3.86. The molecule has 7 heteroatoms. The van der Waals surface area contributed by atoms with Gasteiger partial charge in [-0.25, -0.2) is 0 Å². The van der Waals surface area contributed by atoms with Crippen molar-refractivity contribution in [2.45, 2.75) is 6.54 Å². The summed E-state index contributed by atoms with van der Waals surface area (Å²) in [4.78, 5) is 12.1. The Bertz CT molecular complexity index is 519. The van der Waals surface area contributed by atoms with E-state index in [1.165, 1.54) is 0 Å². The molecule has 5 N–H and O–H groups in total. The van der Waals surface area contributed by atoms with Crippen molar-refractivity contribution in [2.75, 3.05) is 29.5 Å². The van der Waals surface area contributed by atoms with Crippen LogP contribution in [0.25, 0.3) is 0 Å². The van der Waals surface area contributed by atoms with E-state index < -0.39 is 0 Å². The van der Waals surface area contributed by atoms with E-state index in [-0.39, 0.29) is 12.6 Å². The lowest BCUT2D eigenvalue weighted by atomic mass is 10.3. The van der Waals surface area contributed by atoms with E-state index in [1.807, 2.05) is 12.1 Å². The van der Waals surface area contributed by atoms with Gasteiger partial charge < -0.3 is 21.5 Å². The van der Waals surface area contributed by atoms with Gasteiger partial charge in [-0.05, 0) is 11.6 Å². The Morgan fingerprint density at radius 2 is 2.00 bits per heavy atom. The van der Waals surface area contributed by atoms with Crippen molar-refractivity contribution < 1.29 is 5.11 Å². The van der Waals surface area contributed by atoms with Crippen LogP contribution in [0, 0.1) is 0 Å². The minimum atomic E-state index is 0.0301. The number of pyridine rings is 1. The molecule has 0 spiro atoms. The number of nitrogens with one attached hydrogen (secondary N) is 2. The molecule has 19 heavy (non-hydrogen) atoms. The maximum absolute atomic E-state index is 8.76. The lowest BCUT2D eigenvalue weighted by Crippen LogP contribution is -2.10. The van der Waals surface area contributed by atoms with Gasteiger partial charge in [-0.15, -0.1) is 0 Å². The average molecular weight is 260 g/mol. The maximum Gasteiger partial charge on any atom is 0.223 e. The van der Waals surface area contributed by atoms with Crippen LogP contribution < -0.4 is 16.4 Å². The zero-order valence-electron chi connectivity index (χ0n) is 10.4. The summed E-state index contributed by atoms with van der Waals surface area (Å²) in [6.45, 7) is 1.05. The summed E-state index contributed by atoms with van der Waals surface area (Å²) in [6, 6.07) is 5.58. The van der Waals surface area contributed by atoms with E-state index in [4.69, 9.17) is 10.8 Å². The third kappa shape index (κ3) is 4.07. The second kappa shape index (κ2) is 6.50. The molecule has 2 rings (SSSR count). The molecule has 0 saturated heterocycles. The minimum Gasteiger partial charge on any atom is -0.395 e. The lowest BCUT2D eigenvalue weighted by Gasteiger charge is -2.09. The molecule has 0 fully saturated rings. The third-order valence-electron chi connectivity index (χ3n) is 2.36. The normalized spacial score (nSPS) is 10.2. The molecular weight excluding hydrogens is 244 g/mol. The molecule has 0 aromatic carbocycles. The van der Waals surface area contributed by atoms with Gasteiger partial charge >= 0.3 is 0 Å². The summed E-state index contributed by atoms with van der Waals surface area (Å²) < 4.78 is 0. The van der Waals surface area contributed by atoms with Gasteiger partial charge in [0.25, 0.3) is 0 Å². The van der Waals surface area contributed by atoms with Gasteiger partial charge in [0.2, 0.25) is 5.95 Å². The molecule has 0 atom stereocenters. The number of hydrogen-bond acceptors (Lipinski definition) is 7. The molecule has 0 unspecified atom stereocenters. The van der Waals surface area contributed by atoms with Crippen LogP contribution in [0.4, 0.5) is 17.6 Å². The van der Waals surface area contributed by atoms with Crippen LogP contribution in [0.2, 0.25) is 0 Å². The van der Waals surface area contributed by atoms with Gasteiger partial charge in [-0.2, -0.15) is 9.97 Å². The first-order chi connectivity index (χ1) is 9.28. The highest BCUT2D eigenvalue weighted by Gasteiger charge is 2.02. The van der Waals surface area contributed by atoms with Gasteiger partial charge in [0, 0.05) is 31.5 Å². The van der Waals surface area contributed by atoms with Crippen molar-refractivity contribution in [3.05, 3.63) is 36.2 Å². The van der Waals surface area contributed by atoms with E-state index in [2.05, 4.69) is 25.6 Å². The first-order valence-corrected chi connectivity index (χ1v) is 5.90. The first kappa shape index (κ1) is 13.0. The van der Waals surface area contributed by atoms with Crippen molar-refractivity contribution in [3.63, 3.8) is 0 Å². The molecule has 2 heterocycles. The van der Waals surface area contributed by atoms with Crippen LogP contribution in [0.1, 0.15) is 5.56 Å². The quantitative estimate of drug-likeness (QED) is 0.597. The molecular formula is C12H16N6O. The first-order valence-electron chi connectivity index (χ1n) is 5.90. The highest BCUT2D eigenvalue weighted by molar-refractivity contribution is 5.51. The summed E-state index contributed by atoms with van der Waals surface area (Å²) in [5.74, 6) is 1.38. The highest BCUT2D eigenvalue weighted by Crippen LogP contribution is 2.13. The number of hydrogen-bond donors (Lipinski definition) is 4. The molecule has 0 aliphatic carbocycles. The number of aliphatic hydroxyl groups excluding tert-OH is 1. The number of anilines is 3. The minimum absolute atomic E-state index is 0.0301. The maximum atomic E-state index is 8.76. The third-order valence-corrected chi connectivity index (χ3v) is 2.36. The summed E-state index contributed by atoms with van der Waals surface area (Å²) in [5, 5.41) is 14.8. The van der Waals surface area contributed by atoms with Crippen LogP contribution in [-0.2, 0) is 6.54 Å². The SMILES string of the molecule is Nc1nc(NCCO)cc(NCc2cccnc2)n1.